The van der Waals surface area contributed by atoms with Crippen molar-refractivity contribution in [2.45, 2.75) is 5.33 Å². The monoisotopic (exact) mass is 315 g/mol. The lowest BCUT2D eigenvalue weighted by Gasteiger charge is -2.04. The Labute approximate surface area is 97.6 Å². The van der Waals surface area contributed by atoms with Gasteiger partial charge in [-0.2, -0.15) is 0 Å². The van der Waals surface area contributed by atoms with Gasteiger partial charge in [0.1, 0.15) is 0 Å². The average Bonchev–Trinajstić information content (AvgIpc) is 2.18. The van der Waals surface area contributed by atoms with Crippen molar-refractivity contribution in [3.8, 4) is 0 Å². The summed E-state index contributed by atoms with van der Waals surface area (Å²) in [6, 6.07) is 7.48. The number of aromatic nitrogens is 1. The van der Waals surface area contributed by atoms with Gasteiger partial charge in [0.15, 0.2) is 0 Å². The number of pyridine rings is 1. The molecule has 2 nitrogen and oxygen atoms in total. The summed E-state index contributed by atoms with van der Waals surface area (Å²) in [5, 5.41) is 1.75. The van der Waals surface area contributed by atoms with Gasteiger partial charge in [0.25, 0.3) is 0 Å². The van der Waals surface area contributed by atoms with Crippen molar-refractivity contribution in [1.82, 2.24) is 4.98 Å². The van der Waals surface area contributed by atoms with E-state index in [1.807, 2.05) is 18.2 Å². The summed E-state index contributed by atoms with van der Waals surface area (Å²) in [6.07, 6.45) is 0. The molecule has 0 aliphatic heterocycles. The first-order valence-corrected chi connectivity index (χ1v) is 6.00. The number of nitrogens with one attached hydrogen (secondary N) is 1. The highest BCUT2D eigenvalue weighted by Gasteiger charge is 2.04. The number of hydrogen-bond acceptors (Lipinski definition) is 1. The minimum atomic E-state index is -0.0705. The fraction of sp³-hybridized carbons (Fsp3) is 0.100. The van der Waals surface area contributed by atoms with Crippen molar-refractivity contribution in [2.24, 2.45) is 0 Å². The minimum Gasteiger partial charge on any atom is -0.321 e. The molecular weight excluding hydrogens is 310 g/mol. The number of halogens is 2. The van der Waals surface area contributed by atoms with E-state index in [2.05, 4.69) is 36.8 Å². The van der Waals surface area contributed by atoms with E-state index in [1.54, 1.807) is 6.07 Å². The second-order valence-electron chi connectivity index (χ2n) is 2.95. The first-order valence-electron chi connectivity index (χ1n) is 4.09. The van der Waals surface area contributed by atoms with E-state index < -0.39 is 0 Å². The zero-order valence-corrected chi connectivity index (χ0v) is 10.4. The number of alkyl halides is 1. The summed E-state index contributed by atoms with van der Waals surface area (Å²) in [7, 11) is 0. The first kappa shape index (κ1) is 9.93. The molecule has 72 valence electrons. The largest absolute Gasteiger partial charge is 0.321 e. The number of benzene rings is 1. The Morgan fingerprint density at radius 2 is 2.14 bits per heavy atom. The Balaban J connectivity index is 2.94. The van der Waals surface area contributed by atoms with Crippen LogP contribution < -0.4 is 5.56 Å². The Hall–Kier alpha value is -0.610. The van der Waals surface area contributed by atoms with Crippen LogP contribution in [-0.2, 0) is 5.33 Å². The highest BCUT2D eigenvalue weighted by atomic mass is 79.9. The van der Waals surface area contributed by atoms with E-state index >= 15 is 0 Å². The minimum absolute atomic E-state index is 0.0705. The summed E-state index contributed by atoms with van der Waals surface area (Å²) in [5.41, 5.74) is 1.79. The van der Waals surface area contributed by atoms with Crippen LogP contribution in [0.5, 0.6) is 0 Å². The van der Waals surface area contributed by atoms with Gasteiger partial charge >= 0.3 is 0 Å². The van der Waals surface area contributed by atoms with E-state index in [1.165, 1.54) is 0 Å². The molecule has 2 aromatic rings. The molecule has 0 aliphatic rings. The molecule has 4 heteroatoms. The van der Waals surface area contributed by atoms with Crippen LogP contribution in [0.15, 0.2) is 33.5 Å². The fourth-order valence-electron chi connectivity index (χ4n) is 1.42. The highest BCUT2D eigenvalue weighted by molar-refractivity contribution is 9.10. The van der Waals surface area contributed by atoms with Crippen molar-refractivity contribution in [3.05, 3.63) is 44.7 Å². The lowest BCUT2D eigenvalue weighted by atomic mass is 10.1. The van der Waals surface area contributed by atoms with Crippen LogP contribution in [-0.4, -0.2) is 4.98 Å². The average molecular weight is 317 g/mol. The zero-order chi connectivity index (χ0) is 10.1. The molecule has 1 aromatic carbocycles. The maximum absolute atomic E-state index is 11.3. The lowest BCUT2D eigenvalue weighted by molar-refractivity contribution is 1.27. The number of fused-ring (bicyclic) bond motifs is 1. The third-order valence-electron chi connectivity index (χ3n) is 2.06. The summed E-state index contributed by atoms with van der Waals surface area (Å²) in [5.74, 6) is 0. The topological polar surface area (TPSA) is 32.9 Å². The maximum atomic E-state index is 11.3. The molecule has 0 bridgehead atoms. The molecule has 1 aromatic heterocycles. The Kier molecular flexibility index (Phi) is 2.74. The second kappa shape index (κ2) is 3.87. The van der Waals surface area contributed by atoms with Crippen molar-refractivity contribution in [2.75, 3.05) is 0 Å². The summed E-state index contributed by atoms with van der Waals surface area (Å²) < 4.78 is 0.912. The Bertz CT molecular complexity index is 533. The number of para-hydroxylation sites is 1. The SMILES string of the molecule is O=c1cc(CBr)c2cccc(Br)c2[nH]1. The van der Waals surface area contributed by atoms with Gasteiger partial charge in [-0.3, -0.25) is 4.79 Å². The van der Waals surface area contributed by atoms with E-state index in [0.29, 0.717) is 5.33 Å². The number of rotatable bonds is 1. The zero-order valence-electron chi connectivity index (χ0n) is 7.18. The molecule has 14 heavy (non-hydrogen) atoms. The molecule has 0 spiro atoms. The van der Waals surface area contributed by atoms with Crippen LogP contribution in [0.25, 0.3) is 10.9 Å². The number of hydrogen-bond donors (Lipinski definition) is 1. The number of aromatic amines is 1. The Morgan fingerprint density at radius 3 is 2.86 bits per heavy atom. The van der Waals surface area contributed by atoms with Gasteiger partial charge in [0.2, 0.25) is 5.56 Å². The van der Waals surface area contributed by atoms with Gasteiger partial charge < -0.3 is 4.98 Å². The van der Waals surface area contributed by atoms with Crippen LogP contribution >= 0.6 is 31.9 Å². The van der Waals surface area contributed by atoms with E-state index in [-0.39, 0.29) is 5.56 Å². The normalized spacial score (nSPS) is 10.7. The van der Waals surface area contributed by atoms with Gasteiger partial charge in [0.05, 0.1) is 5.52 Å². The molecule has 0 saturated carbocycles. The standard InChI is InChI=1S/C10H7Br2NO/c11-5-6-4-9(14)13-10-7(6)2-1-3-8(10)12/h1-4H,5H2,(H,13,14). The molecule has 2 rings (SSSR count). The second-order valence-corrected chi connectivity index (χ2v) is 4.37. The summed E-state index contributed by atoms with van der Waals surface area (Å²) in [4.78, 5) is 14.1. The van der Waals surface area contributed by atoms with Gasteiger partial charge in [-0.25, -0.2) is 0 Å². The lowest BCUT2D eigenvalue weighted by Crippen LogP contribution is -2.05. The van der Waals surface area contributed by atoms with Crippen molar-refractivity contribution in [1.29, 1.82) is 0 Å². The van der Waals surface area contributed by atoms with Crippen LogP contribution in [0.1, 0.15) is 5.56 Å². The summed E-state index contributed by atoms with van der Waals surface area (Å²) in [6.45, 7) is 0. The number of H-pyrrole nitrogens is 1. The Morgan fingerprint density at radius 1 is 1.36 bits per heavy atom. The van der Waals surface area contributed by atoms with Gasteiger partial charge in [-0.05, 0) is 27.6 Å². The maximum Gasteiger partial charge on any atom is 0.248 e. The van der Waals surface area contributed by atoms with E-state index in [4.69, 9.17) is 0 Å². The third kappa shape index (κ3) is 1.64. The van der Waals surface area contributed by atoms with Crippen LogP contribution in [0.2, 0.25) is 0 Å². The predicted octanol–water partition coefficient (Wildman–Crippen LogP) is 3.19. The predicted molar refractivity (Wildman–Crippen MR) is 64.9 cm³/mol. The van der Waals surface area contributed by atoms with Gasteiger partial charge in [-0.15, -0.1) is 0 Å². The molecular formula is C10H7Br2NO. The van der Waals surface area contributed by atoms with Crippen molar-refractivity contribution in [3.63, 3.8) is 0 Å². The van der Waals surface area contributed by atoms with Crippen LogP contribution in [0, 0.1) is 0 Å². The molecule has 0 amide bonds. The van der Waals surface area contributed by atoms with Crippen LogP contribution in [0.3, 0.4) is 0 Å². The molecule has 1 heterocycles. The fourth-order valence-corrected chi connectivity index (χ4v) is 2.35. The van der Waals surface area contributed by atoms with Crippen molar-refractivity contribution < 1.29 is 0 Å². The molecule has 0 fully saturated rings. The van der Waals surface area contributed by atoms with Gasteiger partial charge in [-0.1, -0.05) is 28.1 Å². The molecule has 0 aliphatic carbocycles. The molecule has 0 radical (unpaired) electrons. The molecule has 0 atom stereocenters. The quantitative estimate of drug-likeness (QED) is 0.805. The van der Waals surface area contributed by atoms with E-state index in [0.717, 1.165) is 20.9 Å². The van der Waals surface area contributed by atoms with Crippen LogP contribution in [0.4, 0.5) is 0 Å². The van der Waals surface area contributed by atoms with Crippen molar-refractivity contribution >= 4 is 42.8 Å². The third-order valence-corrected chi connectivity index (χ3v) is 3.32. The smallest absolute Gasteiger partial charge is 0.248 e. The molecule has 1 N–H and O–H groups in total. The van der Waals surface area contributed by atoms with E-state index in [9.17, 15) is 4.79 Å². The van der Waals surface area contributed by atoms with Gasteiger partial charge in [0, 0.05) is 21.3 Å². The molecule has 0 saturated heterocycles. The highest BCUT2D eigenvalue weighted by Crippen LogP contribution is 2.24. The first-order chi connectivity index (χ1) is 6.72. The summed E-state index contributed by atoms with van der Waals surface area (Å²) >= 11 is 6.78. The molecule has 0 unspecified atom stereocenters.